The normalized spacial score (nSPS) is 10.9. The van der Waals surface area contributed by atoms with E-state index in [0.29, 0.717) is 16.5 Å². The molecule has 9 nitrogen and oxygen atoms in total. The van der Waals surface area contributed by atoms with E-state index in [9.17, 15) is 4.79 Å². The van der Waals surface area contributed by atoms with Crippen LogP contribution in [0.4, 0.5) is 0 Å². The fourth-order valence-electron chi connectivity index (χ4n) is 2.88. The van der Waals surface area contributed by atoms with E-state index < -0.39 is 5.97 Å². The summed E-state index contributed by atoms with van der Waals surface area (Å²) < 4.78 is 7.95. The number of hydrogen-bond acceptors (Lipinski definition) is 9. The van der Waals surface area contributed by atoms with Crippen LogP contribution in [-0.4, -0.2) is 41.1 Å². The third kappa shape index (κ3) is 3.40. The number of nitrogens with zero attached hydrogens (tertiary/aromatic N) is 7. The van der Waals surface area contributed by atoms with Crippen molar-refractivity contribution in [2.75, 3.05) is 0 Å². The molecule has 0 radical (unpaired) electrons. The van der Waals surface area contributed by atoms with Crippen LogP contribution in [0.15, 0.2) is 67.0 Å². The van der Waals surface area contributed by atoms with E-state index in [2.05, 4.69) is 30.5 Å². The maximum absolute atomic E-state index is 12.8. The van der Waals surface area contributed by atoms with Crippen molar-refractivity contribution in [2.24, 2.45) is 0 Å². The molecule has 0 aliphatic rings. The molecule has 0 unspecified atom stereocenters. The number of tetrazole rings is 1. The lowest BCUT2D eigenvalue weighted by molar-refractivity contribution is 0.0453. The molecule has 146 valence electrons. The molecule has 3 heterocycles. The van der Waals surface area contributed by atoms with Gasteiger partial charge in [0.15, 0.2) is 18.1 Å². The predicted molar refractivity (Wildman–Crippen MR) is 109 cm³/mol. The van der Waals surface area contributed by atoms with Crippen LogP contribution in [0.3, 0.4) is 0 Å². The highest BCUT2D eigenvalue weighted by molar-refractivity contribution is 7.21. The summed E-state index contributed by atoms with van der Waals surface area (Å²) in [4.78, 5) is 25.8. The van der Waals surface area contributed by atoms with Crippen molar-refractivity contribution in [3.63, 3.8) is 0 Å². The summed E-state index contributed by atoms with van der Waals surface area (Å²) in [5.41, 5.74) is 2.08. The standard InChI is InChI=1S/C20H13N7O2S/c28-20(29-12-16-24-25-26-27(16)13-6-2-1-3-7-13)18-17(21-10-11-22-18)19-23-14-8-4-5-9-15(14)30-19/h1-11H,12H2. The zero-order valence-corrected chi connectivity index (χ0v) is 16.2. The van der Waals surface area contributed by atoms with Crippen LogP contribution in [0.2, 0.25) is 0 Å². The fraction of sp³-hybridized carbons (Fsp3) is 0.0500. The Bertz CT molecular complexity index is 1300. The number of para-hydroxylation sites is 2. The largest absolute Gasteiger partial charge is 0.453 e. The van der Waals surface area contributed by atoms with Gasteiger partial charge in [-0.15, -0.1) is 16.4 Å². The highest BCUT2D eigenvalue weighted by atomic mass is 32.1. The van der Waals surface area contributed by atoms with Crippen molar-refractivity contribution in [3.8, 4) is 16.4 Å². The molecule has 5 aromatic rings. The van der Waals surface area contributed by atoms with Crippen molar-refractivity contribution in [3.05, 3.63) is 78.5 Å². The second-order valence-electron chi connectivity index (χ2n) is 6.16. The number of fused-ring (bicyclic) bond motifs is 1. The summed E-state index contributed by atoms with van der Waals surface area (Å²) in [6.07, 6.45) is 2.97. The van der Waals surface area contributed by atoms with Gasteiger partial charge in [-0.1, -0.05) is 30.3 Å². The number of esters is 1. The maximum atomic E-state index is 12.8. The molecule has 3 aromatic heterocycles. The first kappa shape index (κ1) is 18.0. The van der Waals surface area contributed by atoms with Gasteiger partial charge in [-0.25, -0.2) is 19.7 Å². The average Bonchev–Trinajstić information content (AvgIpc) is 3.45. The molecule has 0 atom stereocenters. The van der Waals surface area contributed by atoms with Crippen molar-refractivity contribution < 1.29 is 9.53 Å². The van der Waals surface area contributed by atoms with Crippen molar-refractivity contribution in [1.82, 2.24) is 35.2 Å². The topological polar surface area (TPSA) is 109 Å². The van der Waals surface area contributed by atoms with Gasteiger partial charge in [-0.05, 0) is 34.7 Å². The SMILES string of the molecule is O=C(OCc1nnnn1-c1ccccc1)c1nccnc1-c1nc2ccccc2s1. The monoisotopic (exact) mass is 415 g/mol. The first-order chi connectivity index (χ1) is 14.8. The Morgan fingerprint density at radius 3 is 2.67 bits per heavy atom. The van der Waals surface area contributed by atoms with Gasteiger partial charge in [0, 0.05) is 12.4 Å². The second kappa shape index (κ2) is 7.76. The number of aromatic nitrogens is 7. The Morgan fingerprint density at radius 2 is 1.80 bits per heavy atom. The van der Waals surface area contributed by atoms with Crippen LogP contribution in [-0.2, 0) is 11.3 Å². The van der Waals surface area contributed by atoms with Gasteiger partial charge >= 0.3 is 5.97 Å². The lowest BCUT2D eigenvalue weighted by Gasteiger charge is -2.07. The third-order valence-electron chi connectivity index (χ3n) is 4.26. The molecule has 5 rings (SSSR count). The Hall–Kier alpha value is -4.05. The zero-order valence-electron chi connectivity index (χ0n) is 15.4. The van der Waals surface area contributed by atoms with E-state index in [4.69, 9.17) is 4.74 Å². The van der Waals surface area contributed by atoms with Crippen LogP contribution >= 0.6 is 11.3 Å². The molecule has 2 aromatic carbocycles. The number of carbonyl (C=O) groups excluding carboxylic acids is 1. The van der Waals surface area contributed by atoms with Crippen LogP contribution in [0.25, 0.3) is 26.6 Å². The van der Waals surface area contributed by atoms with Gasteiger partial charge in [-0.3, -0.25) is 0 Å². The van der Waals surface area contributed by atoms with Crippen LogP contribution in [0.5, 0.6) is 0 Å². The van der Waals surface area contributed by atoms with Crippen molar-refractivity contribution in [2.45, 2.75) is 6.61 Å². The molecule has 0 saturated heterocycles. The van der Waals surface area contributed by atoms with Gasteiger partial charge in [-0.2, -0.15) is 4.68 Å². The van der Waals surface area contributed by atoms with E-state index in [0.717, 1.165) is 15.9 Å². The fourth-order valence-corrected chi connectivity index (χ4v) is 3.84. The molecular formula is C20H13N7O2S. The van der Waals surface area contributed by atoms with E-state index in [-0.39, 0.29) is 12.3 Å². The lowest BCUT2D eigenvalue weighted by Crippen LogP contribution is -2.12. The molecule has 0 bridgehead atoms. The number of rotatable bonds is 5. The zero-order chi connectivity index (χ0) is 20.3. The average molecular weight is 415 g/mol. The van der Waals surface area contributed by atoms with Gasteiger partial charge in [0.1, 0.15) is 10.7 Å². The first-order valence-electron chi connectivity index (χ1n) is 8.96. The summed E-state index contributed by atoms with van der Waals surface area (Å²) in [6.45, 7) is -0.114. The summed E-state index contributed by atoms with van der Waals surface area (Å²) in [5, 5.41) is 12.2. The molecular weight excluding hydrogens is 402 g/mol. The maximum Gasteiger partial charge on any atom is 0.359 e. The summed E-state index contributed by atoms with van der Waals surface area (Å²) in [5.74, 6) is -0.236. The smallest absolute Gasteiger partial charge is 0.359 e. The number of hydrogen-bond donors (Lipinski definition) is 0. The minimum atomic E-state index is -0.625. The highest BCUT2D eigenvalue weighted by Gasteiger charge is 2.21. The number of carbonyl (C=O) groups is 1. The molecule has 0 spiro atoms. The molecule has 0 N–H and O–H groups in total. The van der Waals surface area contributed by atoms with E-state index in [1.807, 2.05) is 54.6 Å². The molecule has 0 amide bonds. The van der Waals surface area contributed by atoms with Gasteiger partial charge in [0.25, 0.3) is 0 Å². The summed E-state index contributed by atoms with van der Waals surface area (Å²) >= 11 is 1.44. The molecule has 10 heteroatoms. The van der Waals surface area contributed by atoms with E-state index in [1.54, 1.807) is 0 Å². The molecule has 0 saturated carbocycles. The van der Waals surface area contributed by atoms with Crippen LogP contribution < -0.4 is 0 Å². The number of ether oxygens (including phenoxy) is 1. The molecule has 0 fully saturated rings. The Morgan fingerprint density at radius 1 is 1.00 bits per heavy atom. The molecule has 30 heavy (non-hydrogen) atoms. The summed E-state index contributed by atoms with van der Waals surface area (Å²) in [7, 11) is 0. The minimum Gasteiger partial charge on any atom is -0.453 e. The molecule has 0 aliphatic carbocycles. The van der Waals surface area contributed by atoms with Gasteiger partial charge < -0.3 is 4.74 Å². The quantitative estimate of drug-likeness (QED) is 0.403. The van der Waals surface area contributed by atoms with Gasteiger partial charge in [0.05, 0.1) is 15.9 Å². The Kier molecular flexibility index (Phi) is 4.66. The number of benzene rings is 2. The Balaban J connectivity index is 1.40. The lowest BCUT2D eigenvalue weighted by atomic mass is 10.3. The molecule has 0 aliphatic heterocycles. The number of thiazole rings is 1. The van der Waals surface area contributed by atoms with E-state index >= 15 is 0 Å². The summed E-state index contributed by atoms with van der Waals surface area (Å²) in [6, 6.07) is 17.1. The third-order valence-corrected chi connectivity index (χ3v) is 5.30. The second-order valence-corrected chi connectivity index (χ2v) is 7.19. The van der Waals surface area contributed by atoms with Crippen LogP contribution in [0, 0.1) is 0 Å². The van der Waals surface area contributed by atoms with Gasteiger partial charge in [0.2, 0.25) is 0 Å². The van der Waals surface area contributed by atoms with Crippen molar-refractivity contribution >= 4 is 27.5 Å². The van der Waals surface area contributed by atoms with Crippen molar-refractivity contribution in [1.29, 1.82) is 0 Å². The first-order valence-corrected chi connectivity index (χ1v) is 9.78. The van der Waals surface area contributed by atoms with E-state index in [1.165, 1.54) is 28.4 Å². The Labute approximate surface area is 174 Å². The minimum absolute atomic E-state index is 0.0929. The predicted octanol–water partition coefficient (Wildman–Crippen LogP) is 3.09. The van der Waals surface area contributed by atoms with Crippen LogP contribution in [0.1, 0.15) is 16.3 Å². The highest BCUT2D eigenvalue weighted by Crippen LogP contribution is 2.30.